The lowest BCUT2D eigenvalue weighted by molar-refractivity contribution is -0.0549. The van der Waals surface area contributed by atoms with Crippen molar-refractivity contribution in [3.8, 4) is 0 Å². The summed E-state index contributed by atoms with van der Waals surface area (Å²) < 4.78 is 10.5. The molecule has 1 saturated heterocycles. The summed E-state index contributed by atoms with van der Waals surface area (Å²) in [5.74, 6) is 0.0537. The Morgan fingerprint density at radius 3 is 2.50 bits per heavy atom. The predicted molar refractivity (Wildman–Crippen MR) is 80.3 cm³/mol. The summed E-state index contributed by atoms with van der Waals surface area (Å²) >= 11 is 0. The van der Waals surface area contributed by atoms with E-state index >= 15 is 0 Å². The van der Waals surface area contributed by atoms with Gasteiger partial charge in [0.1, 0.15) is 24.1 Å². The lowest BCUT2D eigenvalue weighted by Crippen LogP contribution is -2.36. The zero-order valence-corrected chi connectivity index (χ0v) is 14.6. The molecule has 1 aromatic rings. The van der Waals surface area contributed by atoms with Crippen LogP contribution in [0.2, 0.25) is 0 Å². The van der Waals surface area contributed by atoms with Gasteiger partial charge in [0.2, 0.25) is 8.53 Å². The van der Waals surface area contributed by atoms with Gasteiger partial charge in [0.05, 0.1) is 6.61 Å². The molecule has 0 radical (unpaired) electrons. The van der Waals surface area contributed by atoms with E-state index in [2.05, 4.69) is 9.20 Å². The molecule has 0 amide bonds. The highest BCUT2D eigenvalue weighted by Gasteiger charge is 2.43. The molecule has 2 rings (SSSR count). The molecule has 1 aliphatic heterocycles. The molecule has 8 N–H and O–H groups in total. The standard InChI is InChI=1S/C9H13N3O5.H6NO2PSi/c10-5-1-2-12(9(16)11-5)8-7(15)6(14)4(3-13)17-8;1-4(2)3-5/h1-2,4,6-8,13-15H,3H2,(H2,10,11,16);2H,1H2,5H3/t4-,6-,7-,8-;/m1./s1. The van der Waals surface area contributed by atoms with Crippen molar-refractivity contribution in [1.29, 1.82) is 0 Å². The van der Waals surface area contributed by atoms with Gasteiger partial charge in [0.25, 0.3) is 0 Å². The predicted octanol–water partition coefficient (Wildman–Crippen LogP) is -4.10. The Kier molecular flexibility index (Phi) is 7.48. The molecule has 13 heteroatoms. The maximum atomic E-state index is 11.5. The number of rotatable bonds is 3. The second kappa shape index (κ2) is 8.62. The molecule has 126 valence electrons. The molecule has 0 bridgehead atoms. The second-order valence-corrected chi connectivity index (χ2v) is 6.32. The van der Waals surface area contributed by atoms with E-state index in [4.69, 9.17) is 26.0 Å². The van der Waals surface area contributed by atoms with Crippen LogP contribution in [0.3, 0.4) is 0 Å². The summed E-state index contributed by atoms with van der Waals surface area (Å²) in [6, 6.07) is 1.37. The van der Waals surface area contributed by atoms with Gasteiger partial charge in [-0.3, -0.25) is 10.1 Å². The van der Waals surface area contributed by atoms with Gasteiger partial charge < -0.3 is 34.9 Å². The second-order valence-electron chi connectivity index (χ2n) is 4.26. The van der Waals surface area contributed by atoms with Gasteiger partial charge in [-0.15, -0.1) is 0 Å². The molecule has 1 unspecified atom stereocenters. The fraction of sp³-hybridized carbons (Fsp3) is 0.556. The number of nitrogen functional groups attached to an aromatic ring is 1. The average Bonchev–Trinajstić information content (AvgIpc) is 2.76. The Labute approximate surface area is 129 Å². The summed E-state index contributed by atoms with van der Waals surface area (Å²) in [6.45, 7) is -0.453. The molecule has 1 aliphatic rings. The largest absolute Gasteiger partial charge is 0.394 e. The van der Waals surface area contributed by atoms with E-state index in [1.807, 2.05) is 0 Å². The minimum Gasteiger partial charge on any atom is -0.394 e. The van der Waals surface area contributed by atoms with Crippen molar-refractivity contribution < 1.29 is 29.2 Å². The van der Waals surface area contributed by atoms with Gasteiger partial charge in [-0.1, -0.05) is 0 Å². The van der Waals surface area contributed by atoms with Crippen molar-refractivity contribution in [1.82, 2.24) is 9.55 Å². The highest BCUT2D eigenvalue weighted by atomic mass is 31.2. The third-order valence-corrected chi connectivity index (χ3v) is 4.33. The first-order valence-corrected chi connectivity index (χ1v) is 8.16. The van der Waals surface area contributed by atoms with Gasteiger partial charge in [0.15, 0.2) is 16.7 Å². The Hall–Kier alpha value is -0.953. The zero-order valence-electron chi connectivity index (χ0n) is 11.7. The Morgan fingerprint density at radius 1 is 1.50 bits per heavy atom. The highest BCUT2D eigenvalue weighted by Crippen LogP contribution is 2.27. The Bertz CT molecular complexity index is 533. The van der Waals surface area contributed by atoms with Crippen molar-refractivity contribution in [3.05, 3.63) is 22.7 Å². The van der Waals surface area contributed by atoms with Gasteiger partial charge in [-0.05, 0) is 6.07 Å². The van der Waals surface area contributed by atoms with E-state index in [0.29, 0.717) is 10.5 Å². The van der Waals surface area contributed by atoms with Gasteiger partial charge in [-0.25, -0.2) is 4.79 Å². The number of anilines is 1. The summed E-state index contributed by atoms with van der Waals surface area (Å²) in [5.41, 5.74) is 9.35. The molecule has 0 saturated carbocycles. The van der Waals surface area contributed by atoms with E-state index in [0.717, 1.165) is 4.57 Å². The highest BCUT2D eigenvalue weighted by molar-refractivity contribution is 7.44. The topological polar surface area (TPSA) is 186 Å². The van der Waals surface area contributed by atoms with E-state index in [1.54, 1.807) is 0 Å². The number of nitrogens with zero attached hydrogens (tertiary/aromatic N) is 2. The lowest BCUT2D eigenvalue weighted by Gasteiger charge is -2.16. The van der Waals surface area contributed by atoms with Crippen molar-refractivity contribution in [2.75, 3.05) is 12.3 Å². The third kappa shape index (κ3) is 4.77. The van der Waals surface area contributed by atoms with Crippen LogP contribution in [-0.4, -0.2) is 65.2 Å². The average molecular weight is 354 g/mol. The molecule has 0 spiro atoms. The first kappa shape index (κ1) is 19.1. The number of aliphatic hydroxyl groups excluding tert-OH is 3. The SMILES string of the molecule is NP(O)O[SiH3].Nc1ccn([C@@H]2O[C@H](CO)[C@@H](O)[C@H]2O)c(=O)n1. The van der Waals surface area contributed by atoms with E-state index in [9.17, 15) is 15.0 Å². The zero-order chi connectivity index (χ0) is 16.9. The molecule has 2 heterocycles. The quantitative estimate of drug-likeness (QED) is 0.230. The normalized spacial score (nSPS) is 29.0. The van der Waals surface area contributed by atoms with Crippen LogP contribution in [0.4, 0.5) is 5.82 Å². The van der Waals surface area contributed by atoms with Gasteiger partial charge in [-0.2, -0.15) is 4.98 Å². The first-order valence-electron chi connectivity index (χ1n) is 6.06. The molecular formula is C9H19N4O7PSi. The number of aliphatic hydroxyl groups is 3. The van der Waals surface area contributed by atoms with E-state index in [1.165, 1.54) is 12.3 Å². The van der Waals surface area contributed by atoms with Gasteiger partial charge in [0, 0.05) is 6.20 Å². The van der Waals surface area contributed by atoms with Crippen molar-refractivity contribution in [3.63, 3.8) is 0 Å². The first-order chi connectivity index (χ1) is 10.3. The maximum Gasteiger partial charge on any atom is 0.351 e. The van der Waals surface area contributed by atoms with Crippen LogP contribution < -0.4 is 16.9 Å². The van der Waals surface area contributed by atoms with E-state index in [-0.39, 0.29) is 5.82 Å². The van der Waals surface area contributed by atoms with Crippen molar-refractivity contribution >= 4 is 24.8 Å². The van der Waals surface area contributed by atoms with Gasteiger partial charge >= 0.3 is 5.69 Å². The number of ether oxygens (including phenoxy) is 1. The van der Waals surface area contributed by atoms with E-state index < -0.39 is 45.4 Å². The molecule has 22 heavy (non-hydrogen) atoms. The third-order valence-electron chi connectivity index (χ3n) is 2.83. The molecule has 0 aliphatic carbocycles. The number of hydrogen-bond donors (Lipinski definition) is 6. The minimum atomic E-state index is -1.54. The number of hydrogen-bond acceptors (Lipinski definition) is 10. The summed E-state index contributed by atoms with van der Waals surface area (Å²) in [6.07, 6.45) is -3.27. The van der Waals surface area contributed by atoms with Crippen LogP contribution in [0.1, 0.15) is 6.23 Å². The smallest absolute Gasteiger partial charge is 0.351 e. The molecule has 1 fully saturated rings. The van der Waals surface area contributed by atoms with Crippen molar-refractivity contribution in [2.24, 2.45) is 5.50 Å². The van der Waals surface area contributed by atoms with Crippen LogP contribution >= 0.6 is 8.53 Å². The summed E-state index contributed by atoms with van der Waals surface area (Å²) in [5, 5.41) is 28.2. The van der Waals surface area contributed by atoms with Crippen LogP contribution in [0.15, 0.2) is 17.1 Å². The Morgan fingerprint density at radius 2 is 2.09 bits per heavy atom. The Balaban J connectivity index is 0.000000422. The molecular weight excluding hydrogens is 335 g/mol. The number of aromatic nitrogens is 2. The molecule has 11 nitrogen and oxygen atoms in total. The van der Waals surface area contributed by atoms with Crippen molar-refractivity contribution in [2.45, 2.75) is 24.5 Å². The van der Waals surface area contributed by atoms with Crippen LogP contribution in [0.5, 0.6) is 0 Å². The van der Waals surface area contributed by atoms with Crippen LogP contribution in [0, 0.1) is 0 Å². The fourth-order valence-corrected chi connectivity index (χ4v) is 1.73. The number of nitrogens with two attached hydrogens (primary N) is 2. The lowest BCUT2D eigenvalue weighted by atomic mass is 10.1. The summed E-state index contributed by atoms with van der Waals surface area (Å²) in [7, 11) is -1.01. The fourth-order valence-electron chi connectivity index (χ4n) is 1.73. The van der Waals surface area contributed by atoms with Crippen LogP contribution in [0.25, 0.3) is 0 Å². The monoisotopic (exact) mass is 354 g/mol. The summed E-state index contributed by atoms with van der Waals surface area (Å²) in [4.78, 5) is 23.0. The molecule has 1 aromatic heterocycles. The van der Waals surface area contributed by atoms with Crippen LogP contribution in [-0.2, 0) is 8.95 Å². The molecule has 0 aromatic carbocycles. The maximum absolute atomic E-state index is 11.5. The molecule has 5 atom stereocenters. The minimum absolute atomic E-state index is 0.0537.